The van der Waals surface area contributed by atoms with Gasteiger partial charge >= 0.3 is 0 Å². The van der Waals surface area contributed by atoms with Gasteiger partial charge in [-0.05, 0) is 38.8 Å². The molecule has 1 heterocycles. The highest BCUT2D eigenvalue weighted by Gasteiger charge is 2.47. The lowest BCUT2D eigenvalue weighted by atomic mass is 9.82. The van der Waals surface area contributed by atoms with E-state index in [2.05, 4.69) is 5.32 Å². The number of carbonyl (C=O) groups excluding carboxylic acids is 2. The standard InChI is InChI=1S/C15H27N3O2/c1-17(2)14(20)15(8-10-16-11-9-15)18(12-19)13-6-4-3-5-7-13/h12-13,16H,3-11H2,1-2H3. The Labute approximate surface area is 121 Å². The predicted molar refractivity (Wildman–Crippen MR) is 78.3 cm³/mol. The second-order valence-electron chi connectivity index (χ2n) is 6.29. The molecule has 0 aromatic carbocycles. The van der Waals surface area contributed by atoms with Crippen molar-refractivity contribution in [1.29, 1.82) is 0 Å². The highest BCUT2D eigenvalue weighted by Crippen LogP contribution is 2.33. The van der Waals surface area contributed by atoms with E-state index in [1.54, 1.807) is 19.0 Å². The van der Waals surface area contributed by atoms with Crippen molar-refractivity contribution in [2.75, 3.05) is 27.2 Å². The van der Waals surface area contributed by atoms with Gasteiger partial charge in [-0.25, -0.2) is 0 Å². The highest BCUT2D eigenvalue weighted by atomic mass is 16.2. The van der Waals surface area contributed by atoms with Crippen molar-refractivity contribution < 1.29 is 9.59 Å². The summed E-state index contributed by atoms with van der Waals surface area (Å²) < 4.78 is 0. The van der Waals surface area contributed by atoms with Crippen molar-refractivity contribution in [3.63, 3.8) is 0 Å². The van der Waals surface area contributed by atoms with Crippen LogP contribution in [0.5, 0.6) is 0 Å². The number of carbonyl (C=O) groups is 2. The first-order valence-corrected chi connectivity index (χ1v) is 7.78. The smallest absolute Gasteiger partial charge is 0.248 e. The van der Waals surface area contributed by atoms with Gasteiger partial charge in [0, 0.05) is 20.1 Å². The molecule has 0 atom stereocenters. The Hall–Kier alpha value is -1.10. The minimum atomic E-state index is -0.626. The van der Waals surface area contributed by atoms with Gasteiger partial charge in [0.1, 0.15) is 5.54 Å². The Morgan fingerprint density at radius 1 is 1.15 bits per heavy atom. The van der Waals surface area contributed by atoms with Crippen molar-refractivity contribution in [2.24, 2.45) is 0 Å². The maximum atomic E-state index is 12.8. The molecule has 0 aromatic heterocycles. The molecule has 20 heavy (non-hydrogen) atoms. The van der Waals surface area contributed by atoms with Crippen LogP contribution in [-0.4, -0.2) is 60.9 Å². The zero-order valence-electron chi connectivity index (χ0n) is 12.7. The zero-order chi connectivity index (χ0) is 14.6. The minimum absolute atomic E-state index is 0.0803. The van der Waals surface area contributed by atoms with Crippen LogP contribution in [-0.2, 0) is 9.59 Å². The fourth-order valence-corrected chi connectivity index (χ4v) is 3.73. The molecule has 1 N–H and O–H groups in total. The van der Waals surface area contributed by atoms with E-state index in [1.165, 1.54) is 19.3 Å². The van der Waals surface area contributed by atoms with Crippen LogP contribution in [0.2, 0.25) is 0 Å². The monoisotopic (exact) mass is 281 g/mol. The molecular weight excluding hydrogens is 254 g/mol. The molecule has 1 saturated carbocycles. The van der Waals surface area contributed by atoms with E-state index in [-0.39, 0.29) is 11.9 Å². The second kappa shape index (κ2) is 6.57. The molecule has 1 aliphatic carbocycles. The quantitative estimate of drug-likeness (QED) is 0.782. The summed E-state index contributed by atoms with van der Waals surface area (Å²) in [5.74, 6) is 0.0803. The largest absolute Gasteiger partial charge is 0.347 e. The summed E-state index contributed by atoms with van der Waals surface area (Å²) in [4.78, 5) is 28.0. The third-order valence-corrected chi connectivity index (χ3v) is 4.81. The zero-order valence-corrected chi connectivity index (χ0v) is 12.7. The Morgan fingerprint density at radius 3 is 2.25 bits per heavy atom. The van der Waals surface area contributed by atoms with Gasteiger partial charge in [-0.2, -0.15) is 0 Å². The molecule has 2 fully saturated rings. The van der Waals surface area contributed by atoms with E-state index in [9.17, 15) is 9.59 Å². The Balaban J connectivity index is 2.27. The van der Waals surface area contributed by atoms with E-state index in [1.807, 2.05) is 4.90 Å². The van der Waals surface area contributed by atoms with Gasteiger partial charge < -0.3 is 15.1 Å². The van der Waals surface area contributed by atoms with Crippen molar-refractivity contribution in [3.05, 3.63) is 0 Å². The predicted octanol–water partition coefficient (Wildman–Crippen LogP) is 0.988. The molecule has 0 spiro atoms. The van der Waals surface area contributed by atoms with Crippen molar-refractivity contribution in [1.82, 2.24) is 15.1 Å². The van der Waals surface area contributed by atoms with Crippen LogP contribution in [0.3, 0.4) is 0 Å². The van der Waals surface area contributed by atoms with Crippen LogP contribution < -0.4 is 5.32 Å². The molecule has 5 nitrogen and oxygen atoms in total. The van der Waals surface area contributed by atoms with E-state index in [0.717, 1.165) is 45.2 Å². The van der Waals surface area contributed by atoms with Gasteiger partial charge in [0.15, 0.2) is 0 Å². The number of rotatable bonds is 4. The van der Waals surface area contributed by atoms with Gasteiger partial charge in [-0.15, -0.1) is 0 Å². The molecule has 0 aromatic rings. The highest BCUT2D eigenvalue weighted by molar-refractivity contribution is 5.88. The number of hydrogen-bond donors (Lipinski definition) is 1. The van der Waals surface area contributed by atoms with Crippen LogP contribution >= 0.6 is 0 Å². The average molecular weight is 281 g/mol. The molecule has 2 amide bonds. The first kappa shape index (κ1) is 15.3. The van der Waals surface area contributed by atoms with Crippen LogP contribution in [0.1, 0.15) is 44.9 Å². The molecule has 1 aliphatic heterocycles. The average Bonchev–Trinajstić information content (AvgIpc) is 2.49. The molecule has 0 radical (unpaired) electrons. The third-order valence-electron chi connectivity index (χ3n) is 4.81. The Kier molecular flexibility index (Phi) is 5.02. The lowest BCUT2D eigenvalue weighted by Gasteiger charge is -2.48. The van der Waals surface area contributed by atoms with Crippen LogP contribution in [0, 0.1) is 0 Å². The van der Waals surface area contributed by atoms with Gasteiger partial charge in [-0.1, -0.05) is 19.3 Å². The molecule has 2 aliphatic rings. The summed E-state index contributed by atoms with van der Waals surface area (Å²) >= 11 is 0. The summed E-state index contributed by atoms with van der Waals surface area (Å²) in [7, 11) is 3.58. The SMILES string of the molecule is CN(C)C(=O)C1(N(C=O)C2CCCCC2)CCNCC1. The summed E-state index contributed by atoms with van der Waals surface area (Å²) in [6.45, 7) is 1.60. The van der Waals surface area contributed by atoms with Crippen molar-refractivity contribution in [2.45, 2.75) is 56.5 Å². The molecule has 2 rings (SSSR count). The number of likely N-dealkylation sites (N-methyl/N-ethyl adjacent to an activating group) is 1. The van der Waals surface area contributed by atoms with Crippen LogP contribution in [0.25, 0.3) is 0 Å². The minimum Gasteiger partial charge on any atom is -0.347 e. The maximum absolute atomic E-state index is 12.8. The van der Waals surface area contributed by atoms with Crippen molar-refractivity contribution >= 4 is 12.3 Å². The third kappa shape index (κ3) is 2.82. The maximum Gasteiger partial charge on any atom is 0.248 e. The lowest BCUT2D eigenvalue weighted by molar-refractivity contribution is -0.153. The molecule has 5 heteroatoms. The fourth-order valence-electron chi connectivity index (χ4n) is 3.73. The Morgan fingerprint density at radius 2 is 1.75 bits per heavy atom. The second-order valence-corrected chi connectivity index (χ2v) is 6.29. The molecular formula is C15H27N3O2. The van der Waals surface area contributed by atoms with E-state index < -0.39 is 5.54 Å². The molecule has 114 valence electrons. The van der Waals surface area contributed by atoms with E-state index in [0.29, 0.717) is 0 Å². The molecule has 1 saturated heterocycles. The fraction of sp³-hybridized carbons (Fsp3) is 0.867. The topological polar surface area (TPSA) is 52.7 Å². The van der Waals surface area contributed by atoms with Gasteiger partial charge in [0.05, 0.1) is 0 Å². The number of amides is 2. The van der Waals surface area contributed by atoms with Crippen LogP contribution in [0.4, 0.5) is 0 Å². The van der Waals surface area contributed by atoms with Gasteiger partial charge in [0.25, 0.3) is 0 Å². The van der Waals surface area contributed by atoms with Crippen LogP contribution in [0.15, 0.2) is 0 Å². The normalized spacial score (nSPS) is 23.1. The number of nitrogens with zero attached hydrogens (tertiary/aromatic N) is 2. The molecule has 0 bridgehead atoms. The lowest BCUT2D eigenvalue weighted by Crippen LogP contribution is -2.64. The summed E-state index contributed by atoms with van der Waals surface area (Å²) in [6, 6.07) is 0.239. The number of hydrogen-bond acceptors (Lipinski definition) is 3. The van der Waals surface area contributed by atoms with Crippen molar-refractivity contribution in [3.8, 4) is 0 Å². The first-order valence-electron chi connectivity index (χ1n) is 7.78. The summed E-state index contributed by atoms with van der Waals surface area (Å²) in [5, 5.41) is 3.30. The summed E-state index contributed by atoms with van der Waals surface area (Å²) in [6.07, 6.45) is 8.03. The number of nitrogens with one attached hydrogen (secondary N) is 1. The number of piperidine rings is 1. The summed E-state index contributed by atoms with van der Waals surface area (Å²) in [5.41, 5.74) is -0.626. The van der Waals surface area contributed by atoms with Gasteiger partial charge in [-0.3, -0.25) is 9.59 Å². The van der Waals surface area contributed by atoms with E-state index in [4.69, 9.17) is 0 Å². The Bertz CT molecular complexity index is 345. The molecule has 0 unspecified atom stereocenters. The van der Waals surface area contributed by atoms with Gasteiger partial charge in [0.2, 0.25) is 12.3 Å². The first-order chi connectivity index (χ1) is 9.62. The van der Waals surface area contributed by atoms with E-state index >= 15 is 0 Å².